The first kappa shape index (κ1) is 16.8. The SMILES string of the molecule is Cn1cc(C[C@@H]2CCN(C(=O)NC[C@H]3CN4CCC[C@H]4CO3)C2)cn1. The van der Waals surface area contributed by atoms with Gasteiger partial charge < -0.3 is 15.0 Å². The molecule has 0 saturated carbocycles. The Balaban J connectivity index is 1.20. The number of urea groups is 1. The molecule has 4 heterocycles. The zero-order valence-corrected chi connectivity index (χ0v) is 15.1. The summed E-state index contributed by atoms with van der Waals surface area (Å²) in [5.74, 6) is 0.534. The van der Waals surface area contributed by atoms with Crippen LogP contribution in [-0.2, 0) is 18.2 Å². The van der Waals surface area contributed by atoms with Crippen LogP contribution in [0.4, 0.5) is 4.79 Å². The number of carbonyl (C=O) groups is 1. The van der Waals surface area contributed by atoms with E-state index >= 15 is 0 Å². The predicted molar refractivity (Wildman–Crippen MR) is 94.3 cm³/mol. The number of morpholine rings is 1. The van der Waals surface area contributed by atoms with Crippen LogP contribution in [0, 0.1) is 5.92 Å². The van der Waals surface area contributed by atoms with Crippen molar-refractivity contribution in [2.75, 3.05) is 39.3 Å². The molecule has 4 rings (SSSR count). The lowest BCUT2D eigenvalue weighted by Gasteiger charge is -2.35. The number of aryl methyl sites for hydroxylation is 1. The average molecular weight is 347 g/mol. The van der Waals surface area contributed by atoms with Gasteiger partial charge in [0.1, 0.15) is 0 Å². The van der Waals surface area contributed by atoms with Gasteiger partial charge in [0.2, 0.25) is 0 Å². The van der Waals surface area contributed by atoms with Crippen molar-refractivity contribution in [3.05, 3.63) is 18.0 Å². The van der Waals surface area contributed by atoms with Crippen LogP contribution in [0.2, 0.25) is 0 Å². The Labute approximate surface area is 149 Å². The summed E-state index contributed by atoms with van der Waals surface area (Å²) < 4.78 is 7.76. The van der Waals surface area contributed by atoms with Gasteiger partial charge in [-0.25, -0.2) is 4.79 Å². The number of amides is 2. The number of nitrogens with one attached hydrogen (secondary N) is 1. The first-order valence-electron chi connectivity index (χ1n) is 9.53. The molecule has 0 spiro atoms. The molecular weight excluding hydrogens is 318 g/mol. The van der Waals surface area contributed by atoms with Crippen molar-refractivity contribution in [1.29, 1.82) is 0 Å². The van der Waals surface area contributed by atoms with E-state index in [0.29, 0.717) is 18.5 Å². The fourth-order valence-corrected chi connectivity index (χ4v) is 4.42. The van der Waals surface area contributed by atoms with E-state index in [1.54, 1.807) is 0 Å². The molecule has 7 heteroatoms. The van der Waals surface area contributed by atoms with Gasteiger partial charge in [0, 0.05) is 45.5 Å². The van der Waals surface area contributed by atoms with Crippen LogP contribution >= 0.6 is 0 Å². The number of nitrogens with zero attached hydrogens (tertiary/aromatic N) is 4. The third-order valence-corrected chi connectivity index (χ3v) is 5.80. The Kier molecular flexibility index (Phi) is 4.94. The monoisotopic (exact) mass is 347 g/mol. The zero-order valence-electron chi connectivity index (χ0n) is 15.1. The lowest BCUT2D eigenvalue weighted by Crippen LogP contribution is -2.51. The van der Waals surface area contributed by atoms with E-state index in [-0.39, 0.29) is 12.1 Å². The summed E-state index contributed by atoms with van der Waals surface area (Å²) in [5.41, 5.74) is 1.26. The zero-order chi connectivity index (χ0) is 17.2. The molecule has 7 nitrogen and oxygen atoms in total. The Morgan fingerprint density at radius 3 is 3.12 bits per heavy atom. The predicted octanol–water partition coefficient (Wildman–Crippen LogP) is 0.857. The molecule has 138 valence electrons. The molecule has 3 saturated heterocycles. The molecule has 3 aliphatic rings. The van der Waals surface area contributed by atoms with Crippen LogP contribution in [-0.4, -0.2) is 77.1 Å². The Bertz CT molecular complexity index is 604. The van der Waals surface area contributed by atoms with E-state index in [2.05, 4.69) is 21.5 Å². The van der Waals surface area contributed by atoms with Gasteiger partial charge in [-0.3, -0.25) is 9.58 Å². The second kappa shape index (κ2) is 7.33. The lowest BCUT2D eigenvalue weighted by atomic mass is 10.0. The topological polar surface area (TPSA) is 62.6 Å². The molecule has 2 amide bonds. The second-order valence-corrected chi connectivity index (χ2v) is 7.76. The van der Waals surface area contributed by atoms with Gasteiger partial charge in [0.25, 0.3) is 0 Å². The fourth-order valence-electron chi connectivity index (χ4n) is 4.42. The third-order valence-electron chi connectivity index (χ3n) is 5.80. The summed E-state index contributed by atoms with van der Waals surface area (Å²) in [7, 11) is 1.94. The maximum atomic E-state index is 12.4. The molecule has 1 aromatic rings. The minimum absolute atomic E-state index is 0.0563. The Hall–Kier alpha value is -1.60. The van der Waals surface area contributed by atoms with Crippen molar-refractivity contribution < 1.29 is 9.53 Å². The van der Waals surface area contributed by atoms with Gasteiger partial charge in [-0.05, 0) is 43.7 Å². The van der Waals surface area contributed by atoms with Crippen LogP contribution in [0.5, 0.6) is 0 Å². The highest BCUT2D eigenvalue weighted by Gasteiger charge is 2.33. The van der Waals surface area contributed by atoms with E-state index in [0.717, 1.165) is 39.1 Å². The highest BCUT2D eigenvalue weighted by molar-refractivity contribution is 5.74. The van der Waals surface area contributed by atoms with Gasteiger partial charge in [0.15, 0.2) is 0 Å². The number of aromatic nitrogens is 2. The number of ether oxygens (including phenoxy) is 1. The molecule has 3 atom stereocenters. The maximum absolute atomic E-state index is 12.4. The van der Waals surface area contributed by atoms with Crippen LogP contribution in [0.25, 0.3) is 0 Å². The largest absolute Gasteiger partial charge is 0.373 e. The van der Waals surface area contributed by atoms with E-state index in [9.17, 15) is 4.79 Å². The summed E-state index contributed by atoms with van der Waals surface area (Å²) in [6.07, 6.45) is 8.72. The van der Waals surface area contributed by atoms with Crippen molar-refractivity contribution in [2.24, 2.45) is 13.0 Å². The number of carbonyl (C=O) groups excluding carboxylic acids is 1. The van der Waals surface area contributed by atoms with E-state index in [4.69, 9.17) is 4.74 Å². The van der Waals surface area contributed by atoms with Crippen LogP contribution in [0.3, 0.4) is 0 Å². The van der Waals surface area contributed by atoms with Gasteiger partial charge in [-0.15, -0.1) is 0 Å². The van der Waals surface area contributed by atoms with Gasteiger partial charge in [0.05, 0.1) is 18.9 Å². The molecule has 0 bridgehead atoms. The standard InChI is InChI=1S/C18H29N5O2/c1-21-10-15(8-20-21)7-14-4-6-23(11-14)18(24)19-9-17-12-22-5-2-3-16(22)13-25-17/h8,10,14,16-17H,2-7,9,11-13H2,1H3,(H,19,24)/t14-,16-,17-/m0/s1. The third kappa shape index (κ3) is 3.98. The molecular formula is C18H29N5O2. The average Bonchev–Trinajstić information content (AvgIpc) is 3.33. The van der Waals surface area contributed by atoms with E-state index in [1.807, 2.05) is 22.8 Å². The normalized spacial score (nSPS) is 29.8. The summed E-state index contributed by atoms with van der Waals surface area (Å²) in [6, 6.07) is 0.666. The molecule has 0 radical (unpaired) electrons. The summed E-state index contributed by atoms with van der Waals surface area (Å²) >= 11 is 0. The van der Waals surface area contributed by atoms with Gasteiger partial charge >= 0.3 is 6.03 Å². The quantitative estimate of drug-likeness (QED) is 0.877. The Morgan fingerprint density at radius 2 is 2.28 bits per heavy atom. The van der Waals surface area contributed by atoms with Gasteiger partial charge in [-0.1, -0.05) is 0 Å². The van der Waals surface area contributed by atoms with Crippen molar-refractivity contribution in [2.45, 2.75) is 37.8 Å². The van der Waals surface area contributed by atoms with Crippen molar-refractivity contribution in [1.82, 2.24) is 24.9 Å². The van der Waals surface area contributed by atoms with Crippen molar-refractivity contribution >= 4 is 6.03 Å². The first-order valence-corrected chi connectivity index (χ1v) is 9.53. The molecule has 3 aliphatic heterocycles. The number of fused-ring (bicyclic) bond motifs is 1. The van der Waals surface area contributed by atoms with E-state index < -0.39 is 0 Å². The summed E-state index contributed by atoms with van der Waals surface area (Å²) in [6.45, 7) is 5.25. The Morgan fingerprint density at radius 1 is 1.36 bits per heavy atom. The molecule has 1 aromatic heterocycles. The lowest BCUT2D eigenvalue weighted by molar-refractivity contribution is -0.0460. The first-order chi connectivity index (χ1) is 12.2. The van der Waals surface area contributed by atoms with Crippen molar-refractivity contribution in [3.8, 4) is 0 Å². The minimum atomic E-state index is 0.0563. The maximum Gasteiger partial charge on any atom is 0.317 e. The highest BCUT2D eigenvalue weighted by atomic mass is 16.5. The summed E-state index contributed by atoms with van der Waals surface area (Å²) in [5, 5.41) is 7.30. The van der Waals surface area contributed by atoms with Crippen LogP contribution in [0.1, 0.15) is 24.8 Å². The van der Waals surface area contributed by atoms with Gasteiger partial charge in [-0.2, -0.15) is 5.10 Å². The highest BCUT2D eigenvalue weighted by Crippen LogP contribution is 2.23. The van der Waals surface area contributed by atoms with Crippen molar-refractivity contribution in [3.63, 3.8) is 0 Å². The minimum Gasteiger partial charge on any atom is -0.373 e. The molecule has 0 unspecified atom stereocenters. The summed E-state index contributed by atoms with van der Waals surface area (Å²) in [4.78, 5) is 16.9. The number of rotatable bonds is 4. The molecule has 1 N–H and O–H groups in total. The van der Waals surface area contributed by atoms with Crippen LogP contribution < -0.4 is 5.32 Å². The number of likely N-dealkylation sites (tertiary alicyclic amines) is 1. The fraction of sp³-hybridized carbons (Fsp3) is 0.778. The van der Waals surface area contributed by atoms with Crippen LogP contribution in [0.15, 0.2) is 12.4 Å². The molecule has 0 aromatic carbocycles. The number of hydrogen-bond acceptors (Lipinski definition) is 4. The molecule has 0 aliphatic carbocycles. The second-order valence-electron chi connectivity index (χ2n) is 7.76. The number of hydrogen-bond donors (Lipinski definition) is 1. The molecule has 3 fully saturated rings. The van der Waals surface area contributed by atoms with E-state index in [1.165, 1.54) is 24.9 Å². The smallest absolute Gasteiger partial charge is 0.317 e. The molecule has 25 heavy (non-hydrogen) atoms.